The van der Waals surface area contributed by atoms with Gasteiger partial charge in [-0.3, -0.25) is 24.0 Å². The molecule has 4 amide bonds. The number of carbonyl (C=O) groups is 6. The van der Waals surface area contributed by atoms with Gasteiger partial charge in [-0.2, -0.15) is 0 Å². The highest BCUT2D eigenvalue weighted by molar-refractivity contribution is 14.1. The molecule has 0 aromatic carbocycles. The van der Waals surface area contributed by atoms with Gasteiger partial charge in [0.25, 0.3) is 0 Å². The Morgan fingerprint density at radius 1 is 0.421 bits per heavy atom. The van der Waals surface area contributed by atoms with Crippen molar-refractivity contribution >= 4 is 58.2 Å². The molecule has 0 aliphatic heterocycles. The normalized spacial score (nSPS) is 11.5. The first-order chi connectivity index (χ1) is 27.6. The summed E-state index contributed by atoms with van der Waals surface area (Å²) in [5.74, 6) is -2.33. The van der Waals surface area contributed by atoms with Crippen molar-refractivity contribution in [2.24, 2.45) is 0 Å². The van der Waals surface area contributed by atoms with Crippen molar-refractivity contribution in [1.29, 1.82) is 0 Å². The number of nitrogens with one attached hydrogen (secondary N) is 4. The zero-order valence-electron chi connectivity index (χ0n) is 34.3. The Morgan fingerprint density at radius 3 is 1.26 bits per heavy atom. The lowest BCUT2D eigenvalue weighted by molar-refractivity contribution is -0.142. The summed E-state index contributed by atoms with van der Waals surface area (Å²) in [5, 5.41) is 29.1. The van der Waals surface area contributed by atoms with E-state index < -0.39 is 18.0 Å². The fraction of sp³-hybridized carbons (Fsp3) is 0.850. The van der Waals surface area contributed by atoms with Crippen LogP contribution in [0.25, 0.3) is 0 Å². The maximum Gasteiger partial charge on any atom is 0.326 e. The third kappa shape index (κ3) is 41.4. The number of hydrogen-bond acceptors (Lipinski definition) is 10. The molecule has 0 heterocycles. The van der Waals surface area contributed by atoms with Gasteiger partial charge in [-0.15, -0.1) is 0 Å². The molecule has 6 N–H and O–H groups in total. The summed E-state index contributed by atoms with van der Waals surface area (Å²) in [4.78, 5) is 69.5. The Hall–Kier alpha value is -2.61. The van der Waals surface area contributed by atoms with Crippen LogP contribution in [0, 0.1) is 0 Å². The van der Waals surface area contributed by atoms with Crippen LogP contribution in [0.1, 0.15) is 135 Å². The fourth-order valence-corrected chi connectivity index (χ4v) is 5.90. The zero-order valence-corrected chi connectivity index (χ0v) is 36.4. The van der Waals surface area contributed by atoms with E-state index in [0.717, 1.165) is 44.9 Å². The minimum atomic E-state index is -1.05. The van der Waals surface area contributed by atoms with Gasteiger partial charge in [-0.05, 0) is 32.1 Å². The fourth-order valence-electron chi connectivity index (χ4n) is 5.63. The number of carboxylic acid groups (broad SMARTS) is 2. The number of halogens is 1. The second-order valence-electron chi connectivity index (χ2n) is 13.9. The summed E-state index contributed by atoms with van der Waals surface area (Å²) in [6.45, 7) is 3.87. The zero-order chi connectivity index (χ0) is 42.0. The third-order valence-electron chi connectivity index (χ3n) is 8.87. The monoisotopic (exact) mass is 928 g/mol. The first-order valence-corrected chi connectivity index (χ1v) is 22.6. The van der Waals surface area contributed by atoms with Crippen LogP contribution in [0.5, 0.6) is 0 Å². The Kier molecular flexibility index (Phi) is 39.6. The summed E-state index contributed by atoms with van der Waals surface area (Å²) in [6.07, 6.45) is 17.8. The van der Waals surface area contributed by atoms with Crippen molar-refractivity contribution in [2.75, 3.05) is 76.9 Å². The highest BCUT2D eigenvalue weighted by atomic mass is 127. The number of unbranched alkanes of at least 4 members (excludes halogenated alkanes) is 14. The minimum absolute atomic E-state index is 0.0297. The molecule has 0 fully saturated rings. The standard InChI is InChI=1S/C40H73IN4O12/c41-33-38(49)44-24-28-57-32-30-55-26-21-36(47)43-23-27-56-31-29-54-25-20-35(46)42-22-16-15-17-34(40(52)53)45-37(48)18-13-11-9-7-5-3-1-2-4-6-8-10-12-14-19-39(50)51/h34H,1-33H2,(H,42,46)(H,43,47)(H,44,49)(H,45,48)(H,50,51)(H,52,53)/t34-/m1/s1. The lowest BCUT2D eigenvalue weighted by Crippen LogP contribution is -2.40. The van der Waals surface area contributed by atoms with Gasteiger partial charge in [-0.25, -0.2) is 4.79 Å². The van der Waals surface area contributed by atoms with Crippen LogP contribution in [-0.4, -0.2) is 129 Å². The van der Waals surface area contributed by atoms with Crippen LogP contribution in [-0.2, 0) is 47.7 Å². The molecule has 1 atom stereocenters. The molecule has 0 aliphatic carbocycles. The van der Waals surface area contributed by atoms with Crippen molar-refractivity contribution in [3.8, 4) is 0 Å². The highest BCUT2D eigenvalue weighted by Gasteiger charge is 2.19. The van der Waals surface area contributed by atoms with Crippen molar-refractivity contribution < 1.29 is 57.9 Å². The Balaban J connectivity index is 3.59. The predicted molar refractivity (Wildman–Crippen MR) is 225 cm³/mol. The van der Waals surface area contributed by atoms with Crippen molar-refractivity contribution in [3.05, 3.63) is 0 Å². The minimum Gasteiger partial charge on any atom is -0.481 e. The Morgan fingerprint density at radius 2 is 0.825 bits per heavy atom. The van der Waals surface area contributed by atoms with Crippen molar-refractivity contribution in [3.63, 3.8) is 0 Å². The second kappa shape index (κ2) is 41.5. The molecular formula is C40H73IN4O12. The summed E-state index contributed by atoms with van der Waals surface area (Å²) in [6, 6.07) is -0.938. The molecule has 16 nitrogen and oxygen atoms in total. The van der Waals surface area contributed by atoms with Crippen LogP contribution in [0.15, 0.2) is 0 Å². The molecule has 0 radical (unpaired) electrons. The van der Waals surface area contributed by atoms with E-state index in [0.29, 0.717) is 89.4 Å². The van der Waals surface area contributed by atoms with Gasteiger partial charge in [0.15, 0.2) is 0 Å². The molecule has 57 heavy (non-hydrogen) atoms. The average Bonchev–Trinajstić information content (AvgIpc) is 3.18. The second-order valence-corrected chi connectivity index (χ2v) is 14.7. The predicted octanol–water partition coefficient (Wildman–Crippen LogP) is 4.68. The van der Waals surface area contributed by atoms with E-state index in [-0.39, 0.29) is 56.1 Å². The van der Waals surface area contributed by atoms with Crippen LogP contribution in [0.2, 0.25) is 0 Å². The van der Waals surface area contributed by atoms with E-state index in [4.69, 9.17) is 24.1 Å². The molecule has 0 saturated carbocycles. The maximum atomic E-state index is 12.3. The smallest absolute Gasteiger partial charge is 0.326 e. The number of ether oxygens (including phenoxy) is 4. The average molecular weight is 929 g/mol. The van der Waals surface area contributed by atoms with E-state index >= 15 is 0 Å². The van der Waals surface area contributed by atoms with Gasteiger partial charge >= 0.3 is 11.9 Å². The van der Waals surface area contributed by atoms with Gasteiger partial charge < -0.3 is 50.4 Å². The SMILES string of the molecule is O=C(O)CCCCCCCCCCCCCCCCC(=O)N[C@H](CCCCNC(=O)CCOCCOCCNC(=O)CCOCCOCCNC(=O)CI)C(=O)O. The van der Waals surface area contributed by atoms with Gasteiger partial charge in [0.05, 0.1) is 57.3 Å². The Bertz CT molecular complexity index is 1060. The van der Waals surface area contributed by atoms with Gasteiger partial charge in [-0.1, -0.05) is 99.6 Å². The molecule has 0 bridgehead atoms. The third-order valence-corrected chi connectivity index (χ3v) is 9.56. The van der Waals surface area contributed by atoms with Crippen molar-refractivity contribution in [2.45, 2.75) is 141 Å². The number of rotatable bonds is 43. The molecule has 0 aromatic heterocycles. The van der Waals surface area contributed by atoms with Gasteiger partial charge in [0.2, 0.25) is 23.6 Å². The number of amides is 4. The number of aliphatic carboxylic acids is 2. The van der Waals surface area contributed by atoms with Crippen LogP contribution in [0.3, 0.4) is 0 Å². The topological polar surface area (TPSA) is 228 Å². The van der Waals surface area contributed by atoms with Crippen LogP contribution < -0.4 is 21.3 Å². The number of alkyl halides is 1. The first kappa shape index (κ1) is 54.4. The summed E-state index contributed by atoms with van der Waals surface area (Å²) >= 11 is 1.99. The molecule has 17 heteroatoms. The molecule has 0 unspecified atom stereocenters. The van der Waals surface area contributed by atoms with Gasteiger partial charge in [0, 0.05) is 45.3 Å². The van der Waals surface area contributed by atoms with E-state index in [2.05, 4.69) is 21.3 Å². The lowest BCUT2D eigenvalue weighted by Gasteiger charge is -2.14. The van der Waals surface area contributed by atoms with E-state index in [1.54, 1.807) is 0 Å². The van der Waals surface area contributed by atoms with E-state index in [1.807, 2.05) is 22.6 Å². The number of carbonyl (C=O) groups excluding carboxylic acids is 4. The van der Waals surface area contributed by atoms with Crippen LogP contribution >= 0.6 is 22.6 Å². The molecular weight excluding hydrogens is 855 g/mol. The van der Waals surface area contributed by atoms with E-state index in [9.17, 15) is 33.9 Å². The quantitative estimate of drug-likeness (QED) is 0.0279. The molecule has 0 saturated heterocycles. The van der Waals surface area contributed by atoms with Crippen LogP contribution in [0.4, 0.5) is 0 Å². The Labute approximate surface area is 353 Å². The summed E-state index contributed by atoms with van der Waals surface area (Å²) in [7, 11) is 0. The summed E-state index contributed by atoms with van der Waals surface area (Å²) in [5.41, 5.74) is 0. The molecule has 0 spiro atoms. The molecule has 0 aromatic rings. The first-order valence-electron chi connectivity index (χ1n) is 21.1. The number of carboxylic acids is 2. The molecule has 332 valence electrons. The molecule has 0 rings (SSSR count). The summed E-state index contributed by atoms with van der Waals surface area (Å²) < 4.78 is 22.0. The number of hydrogen-bond donors (Lipinski definition) is 6. The maximum absolute atomic E-state index is 12.3. The highest BCUT2D eigenvalue weighted by Crippen LogP contribution is 2.14. The van der Waals surface area contributed by atoms with Crippen molar-refractivity contribution in [1.82, 2.24) is 21.3 Å². The largest absolute Gasteiger partial charge is 0.481 e. The van der Waals surface area contributed by atoms with E-state index in [1.165, 1.54) is 44.9 Å². The lowest BCUT2D eigenvalue weighted by atomic mass is 10.0. The van der Waals surface area contributed by atoms with Gasteiger partial charge in [0.1, 0.15) is 6.04 Å². The molecule has 0 aliphatic rings.